The van der Waals surface area contributed by atoms with Crippen molar-refractivity contribution < 1.29 is 27.4 Å². The number of nitrogens with two attached hydrogens (primary N) is 1. The van der Waals surface area contributed by atoms with Gasteiger partial charge in [0.25, 0.3) is 0 Å². The summed E-state index contributed by atoms with van der Waals surface area (Å²) >= 11 is 0. The predicted octanol–water partition coefficient (Wildman–Crippen LogP) is 1.46. The fraction of sp³-hybridized carbons (Fsp3) is 0.455. The Morgan fingerprint density at radius 1 is 1.47 bits per heavy atom. The average molecular weight is 278 g/mol. The van der Waals surface area contributed by atoms with Crippen LogP contribution >= 0.6 is 0 Å². The van der Waals surface area contributed by atoms with Crippen LogP contribution < -0.4 is 10.5 Å². The van der Waals surface area contributed by atoms with Gasteiger partial charge in [0, 0.05) is 18.3 Å². The molecule has 0 aliphatic carbocycles. The number of halogens is 3. The minimum absolute atomic E-state index is 0.0328. The summed E-state index contributed by atoms with van der Waals surface area (Å²) in [4.78, 5) is 14.7. The van der Waals surface area contributed by atoms with Crippen molar-refractivity contribution in [2.45, 2.75) is 26.3 Å². The topological polar surface area (TPSA) is 74.4 Å². The quantitative estimate of drug-likeness (QED) is 0.844. The molecule has 2 N–H and O–H groups in total. The second kappa shape index (κ2) is 5.87. The molecule has 106 valence electrons. The van der Waals surface area contributed by atoms with Gasteiger partial charge < -0.3 is 15.2 Å². The van der Waals surface area contributed by atoms with Crippen molar-refractivity contribution in [3.8, 4) is 5.88 Å². The van der Waals surface area contributed by atoms with Gasteiger partial charge in [-0.3, -0.25) is 4.79 Å². The number of ether oxygens (including phenoxy) is 2. The van der Waals surface area contributed by atoms with Gasteiger partial charge in [0.15, 0.2) is 0 Å². The Morgan fingerprint density at radius 2 is 2.11 bits per heavy atom. The molecule has 0 aliphatic rings. The van der Waals surface area contributed by atoms with Crippen molar-refractivity contribution in [1.29, 1.82) is 0 Å². The van der Waals surface area contributed by atoms with Crippen LogP contribution in [-0.4, -0.2) is 24.4 Å². The lowest BCUT2D eigenvalue weighted by atomic mass is 10.0. The van der Waals surface area contributed by atoms with E-state index in [9.17, 15) is 18.0 Å². The summed E-state index contributed by atoms with van der Waals surface area (Å²) in [6, 6.07) is 0. The predicted molar refractivity (Wildman–Crippen MR) is 59.3 cm³/mol. The van der Waals surface area contributed by atoms with Crippen LogP contribution in [0, 0.1) is 6.92 Å². The number of nitrogens with zero attached hydrogens (tertiary/aromatic N) is 1. The van der Waals surface area contributed by atoms with Gasteiger partial charge in [0.1, 0.15) is 0 Å². The smallest absolute Gasteiger partial charge is 0.469 e. The Kier molecular flexibility index (Phi) is 4.71. The third-order valence-corrected chi connectivity index (χ3v) is 2.48. The lowest BCUT2D eigenvalue weighted by molar-refractivity contribution is -0.276. The third kappa shape index (κ3) is 4.09. The third-order valence-electron chi connectivity index (χ3n) is 2.48. The zero-order chi connectivity index (χ0) is 14.6. The zero-order valence-electron chi connectivity index (χ0n) is 10.4. The lowest BCUT2D eigenvalue weighted by Gasteiger charge is -2.15. The van der Waals surface area contributed by atoms with Crippen LogP contribution in [0.1, 0.15) is 16.7 Å². The molecule has 8 heteroatoms. The van der Waals surface area contributed by atoms with Crippen LogP contribution in [0.3, 0.4) is 0 Å². The monoisotopic (exact) mass is 278 g/mol. The number of hydrogen-bond donors (Lipinski definition) is 1. The van der Waals surface area contributed by atoms with Gasteiger partial charge in [-0.25, -0.2) is 4.98 Å². The Morgan fingerprint density at radius 3 is 2.58 bits per heavy atom. The SMILES string of the molecule is COC(=O)Cc1cnc(OC(F)(F)F)c(C)c1CN. The maximum absolute atomic E-state index is 12.2. The average Bonchev–Trinajstić information content (AvgIpc) is 2.31. The van der Waals surface area contributed by atoms with Crippen LogP contribution in [0.25, 0.3) is 0 Å². The molecular formula is C11H13F3N2O3. The minimum atomic E-state index is -4.83. The van der Waals surface area contributed by atoms with Crippen molar-refractivity contribution in [1.82, 2.24) is 4.98 Å². The van der Waals surface area contributed by atoms with E-state index in [-0.39, 0.29) is 18.5 Å². The molecule has 0 saturated carbocycles. The van der Waals surface area contributed by atoms with E-state index in [1.807, 2.05) is 0 Å². The van der Waals surface area contributed by atoms with Crippen LogP contribution in [0.15, 0.2) is 6.20 Å². The maximum Gasteiger partial charge on any atom is 0.574 e. The molecule has 0 aliphatic heterocycles. The molecule has 0 aromatic carbocycles. The van der Waals surface area contributed by atoms with Gasteiger partial charge in [-0.1, -0.05) is 0 Å². The second-order valence-corrected chi connectivity index (χ2v) is 3.70. The van der Waals surface area contributed by atoms with E-state index in [1.54, 1.807) is 0 Å². The highest BCUT2D eigenvalue weighted by molar-refractivity contribution is 5.73. The Labute approximate surface area is 107 Å². The first-order valence-electron chi connectivity index (χ1n) is 5.28. The van der Waals surface area contributed by atoms with Crippen molar-refractivity contribution in [2.24, 2.45) is 5.73 Å². The standard InChI is InChI=1S/C11H13F3N2O3/c1-6-8(4-15)7(3-9(17)18-2)5-16-10(6)19-11(12,13)14/h5H,3-4,15H2,1-2H3. The zero-order valence-corrected chi connectivity index (χ0v) is 10.4. The Hall–Kier alpha value is -1.83. The summed E-state index contributed by atoms with van der Waals surface area (Å²) in [6.45, 7) is 1.37. The molecule has 0 amide bonds. The first kappa shape index (κ1) is 15.2. The van der Waals surface area contributed by atoms with Crippen molar-refractivity contribution in [3.05, 3.63) is 22.9 Å². The number of hydrogen-bond acceptors (Lipinski definition) is 5. The highest BCUT2D eigenvalue weighted by Crippen LogP contribution is 2.27. The van der Waals surface area contributed by atoms with E-state index < -0.39 is 18.2 Å². The van der Waals surface area contributed by atoms with Gasteiger partial charge in [0.2, 0.25) is 5.88 Å². The van der Waals surface area contributed by atoms with Gasteiger partial charge in [-0.05, 0) is 18.1 Å². The molecule has 0 atom stereocenters. The van der Waals surface area contributed by atoms with Crippen LogP contribution in [0.2, 0.25) is 0 Å². The van der Waals surface area contributed by atoms with Gasteiger partial charge in [-0.15, -0.1) is 13.2 Å². The molecule has 0 fully saturated rings. The molecule has 5 nitrogen and oxygen atoms in total. The highest BCUT2D eigenvalue weighted by atomic mass is 19.4. The van der Waals surface area contributed by atoms with Crippen molar-refractivity contribution >= 4 is 5.97 Å². The Balaban J connectivity index is 3.12. The number of aromatic nitrogens is 1. The molecule has 0 saturated heterocycles. The van der Waals surface area contributed by atoms with E-state index in [4.69, 9.17) is 5.73 Å². The van der Waals surface area contributed by atoms with Gasteiger partial charge in [0.05, 0.1) is 13.5 Å². The van der Waals surface area contributed by atoms with Crippen molar-refractivity contribution in [2.75, 3.05) is 7.11 Å². The molecule has 0 bridgehead atoms. The summed E-state index contributed by atoms with van der Waals surface area (Å²) in [5.74, 6) is -1.10. The highest BCUT2D eigenvalue weighted by Gasteiger charge is 2.33. The normalized spacial score (nSPS) is 11.3. The minimum Gasteiger partial charge on any atom is -0.469 e. The number of methoxy groups -OCH3 is 1. The molecule has 1 rings (SSSR count). The fourth-order valence-electron chi connectivity index (χ4n) is 1.56. The molecule has 0 spiro atoms. The number of pyridine rings is 1. The largest absolute Gasteiger partial charge is 0.574 e. The first-order valence-corrected chi connectivity index (χ1v) is 5.28. The van der Waals surface area contributed by atoms with Crippen LogP contribution in [0.5, 0.6) is 5.88 Å². The number of rotatable bonds is 4. The van der Waals surface area contributed by atoms with E-state index >= 15 is 0 Å². The summed E-state index contributed by atoms with van der Waals surface area (Å²) in [6.07, 6.45) is -3.80. The van der Waals surface area contributed by atoms with E-state index in [2.05, 4.69) is 14.5 Å². The molecule has 19 heavy (non-hydrogen) atoms. The number of carbonyl (C=O) groups excluding carboxylic acids is 1. The lowest BCUT2D eigenvalue weighted by Crippen LogP contribution is -2.20. The molecule has 0 radical (unpaired) electrons. The second-order valence-electron chi connectivity index (χ2n) is 3.70. The van der Waals surface area contributed by atoms with Gasteiger partial charge >= 0.3 is 12.3 Å². The fourth-order valence-corrected chi connectivity index (χ4v) is 1.56. The number of carbonyl (C=O) groups is 1. The van der Waals surface area contributed by atoms with Crippen molar-refractivity contribution in [3.63, 3.8) is 0 Å². The molecule has 1 aromatic rings. The van der Waals surface area contributed by atoms with Crippen LogP contribution in [-0.2, 0) is 22.5 Å². The maximum atomic E-state index is 12.2. The van der Waals surface area contributed by atoms with Gasteiger partial charge in [-0.2, -0.15) is 0 Å². The molecule has 1 heterocycles. The Bertz CT molecular complexity index is 475. The molecule has 1 aromatic heterocycles. The van der Waals surface area contributed by atoms with Crippen LogP contribution in [0.4, 0.5) is 13.2 Å². The summed E-state index contributed by atoms with van der Waals surface area (Å²) in [5.41, 5.74) is 6.45. The molecule has 0 unspecified atom stereocenters. The number of alkyl halides is 3. The number of esters is 1. The first-order chi connectivity index (χ1) is 8.78. The van der Waals surface area contributed by atoms with E-state index in [0.29, 0.717) is 11.1 Å². The summed E-state index contributed by atoms with van der Waals surface area (Å²) in [7, 11) is 1.21. The summed E-state index contributed by atoms with van der Waals surface area (Å²) < 4.78 is 44.7. The van der Waals surface area contributed by atoms with E-state index in [0.717, 1.165) is 6.20 Å². The molecular weight excluding hydrogens is 265 g/mol. The summed E-state index contributed by atoms with van der Waals surface area (Å²) in [5, 5.41) is 0. The van der Waals surface area contributed by atoms with E-state index in [1.165, 1.54) is 14.0 Å².